The Hall–Kier alpha value is -1.75. The second kappa shape index (κ2) is 10.0. The Bertz CT molecular complexity index is 877. The van der Waals surface area contributed by atoms with E-state index < -0.39 is 0 Å². The van der Waals surface area contributed by atoms with Gasteiger partial charge in [0, 0.05) is 23.7 Å². The first-order valence-corrected chi connectivity index (χ1v) is 11.5. The van der Waals surface area contributed by atoms with Crippen LogP contribution in [0.1, 0.15) is 48.0 Å². The van der Waals surface area contributed by atoms with E-state index in [1.54, 1.807) is 24.3 Å². The number of nitrogens with one attached hydrogen (secondary N) is 1. The first kappa shape index (κ1) is 21.5. The third-order valence-corrected chi connectivity index (χ3v) is 6.71. The van der Waals surface area contributed by atoms with Crippen molar-refractivity contribution < 1.29 is 9.53 Å². The number of hydrogen-bond acceptors (Lipinski definition) is 3. The van der Waals surface area contributed by atoms with Gasteiger partial charge in [-0.25, -0.2) is 0 Å². The Kier molecular flexibility index (Phi) is 7.19. The van der Waals surface area contributed by atoms with Gasteiger partial charge >= 0.3 is 0 Å². The highest BCUT2D eigenvalue weighted by Gasteiger charge is 2.31. The van der Waals surface area contributed by atoms with E-state index in [4.69, 9.17) is 27.9 Å². The molecule has 2 aliphatic rings. The van der Waals surface area contributed by atoms with Gasteiger partial charge in [0.1, 0.15) is 5.75 Å². The molecule has 1 heterocycles. The van der Waals surface area contributed by atoms with E-state index in [2.05, 4.69) is 16.3 Å². The van der Waals surface area contributed by atoms with Crippen LogP contribution in [-0.4, -0.2) is 36.5 Å². The molecule has 0 bridgehead atoms. The molecule has 160 valence electrons. The largest absolute Gasteiger partial charge is 0.489 e. The Morgan fingerprint density at radius 2 is 1.87 bits per heavy atom. The fourth-order valence-corrected chi connectivity index (χ4v) is 4.68. The molecular formula is C24H28Cl2N2O2. The molecule has 0 aromatic heterocycles. The van der Waals surface area contributed by atoms with E-state index in [0.717, 1.165) is 55.2 Å². The molecule has 1 saturated carbocycles. The summed E-state index contributed by atoms with van der Waals surface area (Å²) < 4.78 is 6.17. The summed E-state index contributed by atoms with van der Waals surface area (Å²) in [4.78, 5) is 14.6. The van der Waals surface area contributed by atoms with Crippen molar-refractivity contribution in [2.24, 2.45) is 5.92 Å². The first-order valence-electron chi connectivity index (χ1n) is 10.8. The monoisotopic (exact) mass is 446 g/mol. The standard InChI is InChI=1S/C24H28Cl2N2O2/c25-20-7-3-5-18(15-20)24(29)27-10-9-17-13-21(14-17)30-22-8-4-6-19(23(22)26)16-28-11-1-2-12-28/h3-8,15,17,21H,1-2,9-14,16H2,(H,27,29). The highest BCUT2D eigenvalue weighted by Crippen LogP contribution is 2.37. The number of nitrogens with zero attached hydrogens (tertiary/aromatic N) is 1. The van der Waals surface area contributed by atoms with Gasteiger partial charge in [-0.1, -0.05) is 41.4 Å². The van der Waals surface area contributed by atoms with Crippen LogP contribution in [0.15, 0.2) is 42.5 Å². The van der Waals surface area contributed by atoms with Gasteiger partial charge in [-0.15, -0.1) is 0 Å². The van der Waals surface area contributed by atoms with Crippen molar-refractivity contribution in [3.63, 3.8) is 0 Å². The molecule has 2 aromatic rings. The van der Waals surface area contributed by atoms with Crippen LogP contribution in [0, 0.1) is 5.92 Å². The average molecular weight is 447 g/mol. The number of ether oxygens (including phenoxy) is 1. The van der Waals surface area contributed by atoms with Crippen LogP contribution in [0.5, 0.6) is 5.75 Å². The summed E-state index contributed by atoms with van der Waals surface area (Å²) >= 11 is 12.6. The van der Waals surface area contributed by atoms with Crippen molar-refractivity contribution in [1.29, 1.82) is 0 Å². The fraction of sp³-hybridized carbons (Fsp3) is 0.458. The summed E-state index contributed by atoms with van der Waals surface area (Å²) in [5, 5.41) is 4.30. The number of halogens is 2. The summed E-state index contributed by atoms with van der Waals surface area (Å²) in [7, 11) is 0. The second-order valence-electron chi connectivity index (χ2n) is 8.34. The summed E-state index contributed by atoms with van der Waals surface area (Å²) in [5.41, 5.74) is 1.75. The molecule has 1 N–H and O–H groups in total. The van der Waals surface area contributed by atoms with Gasteiger partial charge in [0.05, 0.1) is 11.1 Å². The quantitative estimate of drug-likeness (QED) is 0.576. The maximum atomic E-state index is 12.2. The highest BCUT2D eigenvalue weighted by molar-refractivity contribution is 6.32. The molecular weight excluding hydrogens is 419 g/mol. The molecule has 4 nitrogen and oxygen atoms in total. The fourth-order valence-electron chi connectivity index (χ4n) is 4.26. The molecule has 2 fully saturated rings. The molecule has 0 unspecified atom stereocenters. The van der Waals surface area contributed by atoms with E-state index >= 15 is 0 Å². The van der Waals surface area contributed by atoms with Crippen LogP contribution in [-0.2, 0) is 6.54 Å². The molecule has 2 aromatic carbocycles. The van der Waals surface area contributed by atoms with Crippen LogP contribution in [0.4, 0.5) is 0 Å². The summed E-state index contributed by atoms with van der Waals surface area (Å²) in [6.45, 7) is 3.86. The number of rotatable bonds is 8. The summed E-state index contributed by atoms with van der Waals surface area (Å²) in [6, 6.07) is 13.1. The predicted octanol–water partition coefficient (Wildman–Crippen LogP) is 5.57. The third kappa shape index (κ3) is 5.48. The zero-order valence-electron chi connectivity index (χ0n) is 17.1. The van der Waals surface area contributed by atoms with Crippen molar-refractivity contribution in [3.8, 4) is 5.75 Å². The lowest BCUT2D eigenvalue weighted by atomic mass is 9.80. The van der Waals surface area contributed by atoms with Gasteiger partial charge in [0.25, 0.3) is 5.91 Å². The molecule has 30 heavy (non-hydrogen) atoms. The summed E-state index contributed by atoms with van der Waals surface area (Å²) in [5.74, 6) is 1.29. The van der Waals surface area contributed by atoms with Crippen molar-refractivity contribution >= 4 is 29.1 Å². The zero-order chi connectivity index (χ0) is 20.9. The third-order valence-electron chi connectivity index (χ3n) is 6.05. The predicted molar refractivity (Wildman–Crippen MR) is 122 cm³/mol. The lowest BCUT2D eigenvalue weighted by Gasteiger charge is -2.35. The molecule has 0 radical (unpaired) electrons. The number of amides is 1. The molecule has 4 rings (SSSR count). The maximum absolute atomic E-state index is 12.2. The van der Waals surface area contributed by atoms with Gasteiger partial charge < -0.3 is 10.1 Å². The van der Waals surface area contributed by atoms with E-state index in [0.29, 0.717) is 23.0 Å². The molecule has 1 amide bonds. The number of likely N-dealkylation sites (tertiary alicyclic amines) is 1. The van der Waals surface area contributed by atoms with Gasteiger partial charge in [-0.05, 0) is 80.9 Å². The SMILES string of the molecule is O=C(NCCC1CC(Oc2cccc(CN3CCCC3)c2Cl)C1)c1cccc(Cl)c1. The first-order chi connectivity index (χ1) is 14.6. The van der Waals surface area contributed by atoms with E-state index in [1.165, 1.54) is 12.8 Å². The minimum Gasteiger partial charge on any atom is -0.489 e. The lowest BCUT2D eigenvalue weighted by molar-refractivity contribution is 0.0602. The molecule has 1 saturated heterocycles. The van der Waals surface area contributed by atoms with Crippen molar-refractivity contribution in [2.45, 2.75) is 44.8 Å². The minimum absolute atomic E-state index is 0.0776. The van der Waals surface area contributed by atoms with E-state index in [9.17, 15) is 4.79 Å². The van der Waals surface area contributed by atoms with E-state index in [1.807, 2.05) is 12.1 Å². The van der Waals surface area contributed by atoms with Crippen LogP contribution in [0.2, 0.25) is 10.0 Å². The molecule has 1 aliphatic carbocycles. The Labute approximate surface area is 188 Å². The number of benzene rings is 2. The van der Waals surface area contributed by atoms with Gasteiger partial charge in [-0.2, -0.15) is 0 Å². The Balaban J connectivity index is 1.19. The second-order valence-corrected chi connectivity index (χ2v) is 9.16. The molecule has 0 spiro atoms. The van der Waals surface area contributed by atoms with Crippen LogP contribution < -0.4 is 10.1 Å². The van der Waals surface area contributed by atoms with Gasteiger partial charge in [-0.3, -0.25) is 9.69 Å². The Morgan fingerprint density at radius 3 is 2.63 bits per heavy atom. The van der Waals surface area contributed by atoms with Crippen LogP contribution >= 0.6 is 23.2 Å². The van der Waals surface area contributed by atoms with Crippen LogP contribution in [0.25, 0.3) is 0 Å². The number of hydrogen-bond donors (Lipinski definition) is 1. The molecule has 0 atom stereocenters. The van der Waals surface area contributed by atoms with Crippen molar-refractivity contribution in [2.75, 3.05) is 19.6 Å². The minimum atomic E-state index is -0.0776. The van der Waals surface area contributed by atoms with Crippen molar-refractivity contribution in [3.05, 3.63) is 63.6 Å². The summed E-state index contributed by atoms with van der Waals surface area (Å²) in [6.07, 6.45) is 5.71. The Morgan fingerprint density at radius 1 is 1.10 bits per heavy atom. The smallest absolute Gasteiger partial charge is 0.251 e. The normalized spacial score (nSPS) is 21.3. The van der Waals surface area contributed by atoms with Crippen molar-refractivity contribution in [1.82, 2.24) is 10.2 Å². The van der Waals surface area contributed by atoms with Gasteiger partial charge in [0.2, 0.25) is 0 Å². The van der Waals surface area contributed by atoms with E-state index in [-0.39, 0.29) is 12.0 Å². The average Bonchev–Trinajstić information content (AvgIpc) is 3.21. The van der Waals surface area contributed by atoms with Crippen LogP contribution in [0.3, 0.4) is 0 Å². The van der Waals surface area contributed by atoms with Gasteiger partial charge in [0.15, 0.2) is 0 Å². The maximum Gasteiger partial charge on any atom is 0.251 e. The highest BCUT2D eigenvalue weighted by atomic mass is 35.5. The topological polar surface area (TPSA) is 41.6 Å². The number of carbonyl (C=O) groups is 1. The molecule has 6 heteroatoms. The number of carbonyl (C=O) groups excluding carboxylic acids is 1. The lowest BCUT2D eigenvalue weighted by Crippen LogP contribution is -2.36. The zero-order valence-corrected chi connectivity index (χ0v) is 18.6. The molecule has 1 aliphatic heterocycles.